The smallest absolute Gasteiger partial charge is 0.224 e. The van der Waals surface area contributed by atoms with Gasteiger partial charge in [-0.25, -0.2) is 4.39 Å². The topological polar surface area (TPSA) is 42.0 Å². The van der Waals surface area contributed by atoms with Gasteiger partial charge in [0.05, 0.1) is 31.4 Å². The van der Waals surface area contributed by atoms with Crippen LogP contribution < -0.4 is 9.64 Å². The molecule has 1 fully saturated rings. The highest BCUT2D eigenvalue weighted by Gasteiger charge is 2.31. The van der Waals surface area contributed by atoms with E-state index in [4.69, 9.17) is 9.47 Å². The lowest BCUT2D eigenvalue weighted by Crippen LogP contribution is -2.48. The Morgan fingerprint density at radius 3 is 2.64 bits per heavy atom. The monoisotopic (exact) mass is 384 g/mol. The highest BCUT2D eigenvalue weighted by atomic mass is 19.1. The molecule has 0 aromatic heterocycles. The van der Waals surface area contributed by atoms with Gasteiger partial charge in [-0.05, 0) is 42.3 Å². The number of nitrogens with zero attached hydrogens (tertiary/aromatic N) is 2. The normalized spacial score (nSPS) is 19.1. The summed E-state index contributed by atoms with van der Waals surface area (Å²) in [4.78, 5) is 16.9. The van der Waals surface area contributed by atoms with Crippen molar-refractivity contribution < 1.29 is 18.7 Å². The van der Waals surface area contributed by atoms with Crippen LogP contribution in [0.3, 0.4) is 0 Å². The Bertz CT molecular complexity index is 834. The summed E-state index contributed by atoms with van der Waals surface area (Å²) in [7, 11) is 0. The molecule has 0 radical (unpaired) electrons. The van der Waals surface area contributed by atoms with Crippen LogP contribution in [-0.2, 0) is 16.1 Å². The van der Waals surface area contributed by atoms with Crippen LogP contribution in [-0.4, -0.2) is 49.8 Å². The standard InChI is InChI=1S/C22H25FN2O3/c1-16-2-7-20-21(12-16)28-15-19(13-22(26)24-8-10-27-11-9-24)25(20)14-17-3-5-18(23)6-4-17/h2-7,12,19H,8-11,13-15H2,1H3. The molecule has 2 aromatic rings. The maximum Gasteiger partial charge on any atom is 0.224 e. The number of anilines is 1. The highest BCUT2D eigenvalue weighted by molar-refractivity contribution is 5.78. The van der Waals surface area contributed by atoms with E-state index < -0.39 is 0 Å². The minimum absolute atomic E-state index is 0.0735. The maximum atomic E-state index is 13.3. The molecule has 0 bridgehead atoms. The van der Waals surface area contributed by atoms with E-state index in [2.05, 4.69) is 4.90 Å². The molecule has 1 saturated heterocycles. The Balaban J connectivity index is 1.57. The number of fused-ring (bicyclic) bond motifs is 1. The molecule has 1 atom stereocenters. The second kappa shape index (κ2) is 8.19. The Kier molecular flexibility index (Phi) is 5.48. The van der Waals surface area contributed by atoms with Crippen LogP contribution in [0.4, 0.5) is 10.1 Å². The molecule has 0 spiro atoms. The SMILES string of the molecule is Cc1ccc2c(c1)OCC(CC(=O)N1CCOCC1)N2Cc1ccc(F)cc1. The molecule has 28 heavy (non-hydrogen) atoms. The van der Waals surface area contributed by atoms with Crippen molar-refractivity contribution in [1.82, 2.24) is 4.90 Å². The van der Waals surface area contributed by atoms with Crippen LogP contribution in [0, 0.1) is 12.7 Å². The first-order valence-corrected chi connectivity index (χ1v) is 9.70. The van der Waals surface area contributed by atoms with Crippen LogP contribution in [0.1, 0.15) is 17.5 Å². The van der Waals surface area contributed by atoms with Gasteiger partial charge in [0.2, 0.25) is 5.91 Å². The summed E-state index contributed by atoms with van der Waals surface area (Å²) in [6.45, 7) is 5.54. The van der Waals surface area contributed by atoms with Crippen LogP contribution in [0.25, 0.3) is 0 Å². The van der Waals surface area contributed by atoms with Gasteiger partial charge >= 0.3 is 0 Å². The van der Waals surface area contributed by atoms with Crippen molar-refractivity contribution in [2.75, 3.05) is 37.8 Å². The van der Waals surface area contributed by atoms with Crippen molar-refractivity contribution in [3.05, 3.63) is 59.4 Å². The van der Waals surface area contributed by atoms with E-state index in [9.17, 15) is 9.18 Å². The molecule has 148 valence electrons. The first-order valence-electron chi connectivity index (χ1n) is 9.70. The lowest BCUT2D eigenvalue weighted by atomic mass is 10.0. The molecule has 2 aliphatic rings. The summed E-state index contributed by atoms with van der Waals surface area (Å²) in [5.74, 6) is 0.703. The molecule has 5 nitrogen and oxygen atoms in total. The van der Waals surface area contributed by atoms with E-state index in [1.807, 2.05) is 30.0 Å². The Morgan fingerprint density at radius 2 is 1.89 bits per heavy atom. The third-order valence-electron chi connectivity index (χ3n) is 5.34. The lowest BCUT2D eigenvalue weighted by molar-refractivity contribution is -0.135. The van der Waals surface area contributed by atoms with E-state index in [0.717, 1.165) is 22.6 Å². The Hall–Kier alpha value is -2.60. The van der Waals surface area contributed by atoms with E-state index in [0.29, 0.717) is 45.9 Å². The van der Waals surface area contributed by atoms with Crippen LogP contribution in [0.15, 0.2) is 42.5 Å². The zero-order valence-electron chi connectivity index (χ0n) is 16.1. The first-order chi connectivity index (χ1) is 13.6. The molecule has 0 N–H and O–H groups in total. The summed E-state index contributed by atoms with van der Waals surface area (Å²) >= 11 is 0. The molecular weight excluding hydrogens is 359 g/mol. The summed E-state index contributed by atoms with van der Waals surface area (Å²) in [6.07, 6.45) is 0.383. The van der Waals surface area contributed by atoms with Crippen molar-refractivity contribution in [3.8, 4) is 5.75 Å². The molecule has 6 heteroatoms. The van der Waals surface area contributed by atoms with Gasteiger partial charge in [0, 0.05) is 19.6 Å². The zero-order chi connectivity index (χ0) is 19.5. The molecule has 0 aliphatic carbocycles. The number of amides is 1. The van der Waals surface area contributed by atoms with E-state index in [1.54, 1.807) is 12.1 Å². The minimum atomic E-state index is -0.249. The Labute approximate surface area is 164 Å². The average molecular weight is 384 g/mol. The molecule has 2 heterocycles. The summed E-state index contributed by atoms with van der Waals surface area (Å²) in [6, 6.07) is 12.6. The molecule has 2 aromatic carbocycles. The molecule has 2 aliphatic heterocycles. The quantitative estimate of drug-likeness (QED) is 0.812. The minimum Gasteiger partial charge on any atom is -0.489 e. The number of ether oxygens (including phenoxy) is 2. The second-order valence-electron chi connectivity index (χ2n) is 7.39. The number of rotatable bonds is 4. The molecule has 1 unspecified atom stereocenters. The summed E-state index contributed by atoms with van der Waals surface area (Å²) < 4.78 is 24.7. The third-order valence-corrected chi connectivity index (χ3v) is 5.34. The first kappa shape index (κ1) is 18.7. The van der Waals surface area contributed by atoms with Crippen molar-refractivity contribution in [2.24, 2.45) is 0 Å². The number of benzene rings is 2. The largest absolute Gasteiger partial charge is 0.489 e. The maximum absolute atomic E-state index is 13.3. The van der Waals surface area contributed by atoms with Crippen LogP contribution in [0.5, 0.6) is 5.75 Å². The fraction of sp³-hybridized carbons (Fsp3) is 0.409. The van der Waals surface area contributed by atoms with E-state index >= 15 is 0 Å². The number of carbonyl (C=O) groups excluding carboxylic acids is 1. The third kappa shape index (κ3) is 4.12. The average Bonchev–Trinajstić information content (AvgIpc) is 2.71. The van der Waals surface area contributed by atoms with Gasteiger partial charge in [-0.2, -0.15) is 0 Å². The number of carbonyl (C=O) groups is 1. The van der Waals surface area contributed by atoms with Crippen molar-refractivity contribution in [1.29, 1.82) is 0 Å². The fourth-order valence-electron chi connectivity index (χ4n) is 3.76. The molecule has 1 amide bonds. The van der Waals surface area contributed by atoms with Gasteiger partial charge in [0.25, 0.3) is 0 Å². The number of hydrogen-bond donors (Lipinski definition) is 0. The number of morpholine rings is 1. The van der Waals surface area contributed by atoms with Gasteiger partial charge in [-0.3, -0.25) is 4.79 Å². The van der Waals surface area contributed by atoms with Gasteiger partial charge in [0.15, 0.2) is 0 Å². The number of hydrogen-bond acceptors (Lipinski definition) is 4. The zero-order valence-corrected chi connectivity index (χ0v) is 16.1. The van der Waals surface area contributed by atoms with E-state index in [-0.39, 0.29) is 17.8 Å². The summed E-state index contributed by atoms with van der Waals surface area (Å²) in [5.41, 5.74) is 3.10. The Morgan fingerprint density at radius 1 is 1.14 bits per heavy atom. The van der Waals surface area contributed by atoms with E-state index in [1.165, 1.54) is 12.1 Å². The van der Waals surface area contributed by atoms with Gasteiger partial charge in [-0.1, -0.05) is 18.2 Å². The molecule has 0 saturated carbocycles. The van der Waals surface area contributed by atoms with Crippen LogP contribution in [0.2, 0.25) is 0 Å². The predicted octanol–water partition coefficient (Wildman–Crippen LogP) is 3.15. The van der Waals surface area contributed by atoms with Crippen molar-refractivity contribution in [3.63, 3.8) is 0 Å². The van der Waals surface area contributed by atoms with Gasteiger partial charge in [0.1, 0.15) is 18.2 Å². The summed E-state index contributed by atoms with van der Waals surface area (Å²) in [5, 5.41) is 0. The van der Waals surface area contributed by atoms with Crippen molar-refractivity contribution in [2.45, 2.75) is 25.9 Å². The lowest BCUT2D eigenvalue weighted by Gasteiger charge is -2.39. The predicted molar refractivity (Wildman–Crippen MR) is 105 cm³/mol. The number of aryl methyl sites for hydroxylation is 1. The highest BCUT2D eigenvalue weighted by Crippen LogP contribution is 2.36. The molecular formula is C22H25FN2O3. The van der Waals surface area contributed by atoms with Gasteiger partial charge < -0.3 is 19.3 Å². The van der Waals surface area contributed by atoms with Crippen LogP contribution >= 0.6 is 0 Å². The van der Waals surface area contributed by atoms with Gasteiger partial charge in [-0.15, -0.1) is 0 Å². The van der Waals surface area contributed by atoms with Crippen molar-refractivity contribution >= 4 is 11.6 Å². The fourth-order valence-corrected chi connectivity index (χ4v) is 3.76. The second-order valence-corrected chi connectivity index (χ2v) is 7.39. The number of halogens is 1. The molecule has 4 rings (SSSR count).